The van der Waals surface area contributed by atoms with Gasteiger partial charge in [-0.1, -0.05) is 18.5 Å². The molecule has 0 aliphatic heterocycles. The molecule has 1 heterocycles. The number of aromatic hydroxyl groups is 1. The largest absolute Gasteiger partial charge is 0.504 e. The van der Waals surface area contributed by atoms with Gasteiger partial charge in [0, 0.05) is 18.0 Å². The second kappa shape index (κ2) is 6.44. The van der Waals surface area contributed by atoms with E-state index in [1.165, 1.54) is 23.5 Å². The highest BCUT2D eigenvalue weighted by Crippen LogP contribution is 2.37. The number of azo groups is 1. The zero-order valence-corrected chi connectivity index (χ0v) is 12.1. The predicted octanol–water partition coefficient (Wildman–Crippen LogP) is 4.27. The maximum atomic E-state index is 11.4. The van der Waals surface area contributed by atoms with Crippen LogP contribution >= 0.6 is 22.9 Å². The molecule has 104 valence electrons. The summed E-state index contributed by atoms with van der Waals surface area (Å²) in [5, 5.41) is 22.6. The van der Waals surface area contributed by atoms with Crippen LogP contribution in [0, 0.1) is 0 Å². The summed E-state index contributed by atoms with van der Waals surface area (Å²) in [6.07, 6.45) is 1.91. The van der Waals surface area contributed by atoms with Crippen LogP contribution in [-0.4, -0.2) is 16.0 Å². The molecule has 8 heteroatoms. The van der Waals surface area contributed by atoms with Crippen LogP contribution in [0.2, 0.25) is 5.02 Å². The highest BCUT2D eigenvalue weighted by molar-refractivity contribution is 7.13. The highest BCUT2D eigenvalue weighted by Gasteiger charge is 2.10. The molecule has 0 saturated carbocycles. The molecule has 6 nitrogen and oxygen atoms in total. The number of hydrogen-bond acceptors (Lipinski definition) is 6. The van der Waals surface area contributed by atoms with Gasteiger partial charge in [-0.2, -0.15) is 0 Å². The first-order valence-corrected chi connectivity index (χ1v) is 6.99. The van der Waals surface area contributed by atoms with E-state index in [-0.39, 0.29) is 22.4 Å². The maximum absolute atomic E-state index is 11.4. The van der Waals surface area contributed by atoms with E-state index in [0.29, 0.717) is 17.2 Å². The van der Waals surface area contributed by atoms with Crippen LogP contribution in [0.25, 0.3) is 0 Å². The van der Waals surface area contributed by atoms with Crippen molar-refractivity contribution in [1.29, 1.82) is 0 Å². The first-order valence-electron chi connectivity index (χ1n) is 5.73. The first-order chi connectivity index (χ1) is 9.60. The van der Waals surface area contributed by atoms with E-state index in [0.717, 1.165) is 0 Å². The molecule has 0 radical (unpaired) electrons. The number of nitrogens with one attached hydrogen (secondary N) is 1. The van der Waals surface area contributed by atoms with Gasteiger partial charge in [0.1, 0.15) is 0 Å². The second-order valence-electron chi connectivity index (χ2n) is 3.74. The highest BCUT2D eigenvalue weighted by atomic mass is 35.5. The molecule has 20 heavy (non-hydrogen) atoms. The summed E-state index contributed by atoms with van der Waals surface area (Å²) in [7, 11) is 0. The number of phenolic OH excluding ortho intramolecular Hbond substituents is 1. The Balaban J connectivity index is 2.28. The summed E-state index contributed by atoms with van der Waals surface area (Å²) in [5.74, 6) is -0.424. The van der Waals surface area contributed by atoms with Gasteiger partial charge in [0.2, 0.25) is 11.0 Å². The first kappa shape index (κ1) is 14.4. The number of carbonyl (C=O) groups is 1. The summed E-state index contributed by atoms with van der Waals surface area (Å²) >= 11 is 7.23. The lowest BCUT2D eigenvalue weighted by atomic mass is 10.2. The predicted molar refractivity (Wildman–Crippen MR) is 78.3 cm³/mol. The fourth-order valence-electron chi connectivity index (χ4n) is 1.34. The molecule has 0 spiro atoms. The van der Waals surface area contributed by atoms with Crippen molar-refractivity contribution in [3.63, 3.8) is 0 Å². The van der Waals surface area contributed by atoms with Crippen molar-refractivity contribution in [2.24, 2.45) is 10.2 Å². The average Bonchev–Trinajstić information content (AvgIpc) is 2.94. The summed E-state index contributed by atoms with van der Waals surface area (Å²) in [6, 6.07) is 2.95. The Morgan fingerprint density at radius 1 is 1.50 bits per heavy atom. The van der Waals surface area contributed by atoms with Crippen molar-refractivity contribution in [2.45, 2.75) is 13.3 Å². The molecule has 0 atom stereocenters. The fraction of sp³-hybridized carbons (Fsp3) is 0.167. The van der Waals surface area contributed by atoms with Crippen molar-refractivity contribution in [1.82, 2.24) is 4.98 Å². The maximum Gasteiger partial charge on any atom is 0.229 e. The van der Waals surface area contributed by atoms with Gasteiger partial charge in [0.25, 0.3) is 0 Å². The number of carbonyl (C=O) groups excluding carboxylic acids is 1. The van der Waals surface area contributed by atoms with Crippen LogP contribution in [0.3, 0.4) is 0 Å². The molecule has 0 aliphatic rings. The molecule has 1 amide bonds. The fourth-order valence-corrected chi connectivity index (χ4v) is 2.01. The zero-order chi connectivity index (χ0) is 14.5. The number of thiazole rings is 1. The number of rotatable bonds is 4. The van der Waals surface area contributed by atoms with Gasteiger partial charge in [0.05, 0.1) is 16.4 Å². The molecule has 2 aromatic rings. The van der Waals surface area contributed by atoms with Crippen molar-refractivity contribution >= 4 is 45.4 Å². The van der Waals surface area contributed by atoms with Crippen LogP contribution in [0.15, 0.2) is 33.9 Å². The lowest BCUT2D eigenvalue weighted by molar-refractivity contribution is -0.115. The van der Waals surface area contributed by atoms with E-state index in [4.69, 9.17) is 11.6 Å². The van der Waals surface area contributed by atoms with Crippen LogP contribution in [-0.2, 0) is 4.79 Å². The van der Waals surface area contributed by atoms with Crippen LogP contribution in [0.1, 0.15) is 13.3 Å². The molecule has 1 aromatic heterocycles. The Morgan fingerprint density at radius 3 is 2.95 bits per heavy atom. The van der Waals surface area contributed by atoms with Crippen molar-refractivity contribution in [3.8, 4) is 5.75 Å². The molecule has 0 aliphatic carbocycles. The number of anilines is 1. The number of phenols is 1. The number of benzene rings is 1. The minimum atomic E-state index is -0.231. The standard InChI is InChI=1S/C12H11ClN4O2S/c1-2-10(18)15-9-6-7(5-8(13)11(9)19)16-17-12-14-3-4-20-12/h3-6,19H,2H2,1H3,(H,15,18)/b17-16+. The molecular weight excluding hydrogens is 300 g/mol. The second-order valence-corrected chi connectivity index (χ2v) is 5.02. The van der Waals surface area contributed by atoms with Crippen LogP contribution in [0.5, 0.6) is 5.75 Å². The van der Waals surface area contributed by atoms with Gasteiger partial charge >= 0.3 is 0 Å². The molecule has 0 bridgehead atoms. The SMILES string of the molecule is CCC(=O)Nc1cc(/N=N/c2nccs2)cc(Cl)c1O. The van der Waals surface area contributed by atoms with Gasteiger partial charge < -0.3 is 10.4 Å². The minimum Gasteiger partial charge on any atom is -0.504 e. The van der Waals surface area contributed by atoms with Crippen LogP contribution < -0.4 is 5.32 Å². The van der Waals surface area contributed by atoms with Crippen molar-refractivity contribution in [3.05, 3.63) is 28.7 Å². The monoisotopic (exact) mass is 310 g/mol. The topological polar surface area (TPSA) is 86.9 Å². The smallest absolute Gasteiger partial charge is 0.229 e. The third kappa shape index (κ3) is 3.52. The van der Waals surface area contributed by atoms with E-state index in [1.807, 2.05) is 0 Å². The van der Waals surface area contributed by atoms with Gasteiger partial charge in [-0.3, -0.25) is 4.79 Å². The van der Waals surface area contributed by atoms with E-state index >= 15 is 0 Å². The zero-order valence-electron chi connectivity index (χ0n) is 10.5. The van der Waals surface area contributed by atoms with Gasteiger partial charge in [-0.25, -0.2) is 4.98 Å². The lowest BCUT2D eigenvalue weighted by Crippen LogP contribution is -2.09. The molecule has 0 saturated heterocycles. The minimum absolute atomic E-state index is 0.0898. The van der Waals surface area contributed by atoms with Gasteiger partial charge in [-0.15, -0.1) is 21.6 Å². The lowest BCUT2D eigenvalue weighted by Gasteiger charge is -2.08. The molecular formula is C12H11ClN4O2S. The quantitative estimate of drug-likeness (QED) is 0.653. The van der Waals surface area contributed by atoms with E-state index in [1.54, 1.807) is 18.5 Å². The Morgan fingerprint density at radius 2 is 2.30 bits per heavy atom. The summed E-state index contributed by atoms with van der Waals surface area (Å²) < 4.78 is 0. The Bertz CT molecular complexity index is 643. The van der Waals surface area contributed by atoms with E-state index in [2.05, 4.69) is 20.5 Å². The molecule has 2 rings (SSSR count). The van der Waals surface area contributed by atoms with Gasteiger partial charge in [0.15, 0.2) is 5.75 Å². The van der Waals surface area contributed by atoms with E-state index in [9.17, 15) is 9.90 Å². The molecule has 0 unspecified atom stereocenters. The van der Waals surface area contributed by atoms with Gasteiger partial charge in [-0.05, 0) is 12.1 Å². The third-order valence-corrected chi connectivity index (χ3v) is 3.26. The average molecular weight is 311 g/mol. The number of nitrogens with zero attached hydrogens (tertiary/aromatic N) is 3. The molecule has 0 fully saturated rings. The number of hydrogen-bond donors (Lipinski definition) is 2. The normalized spacial score (nSPS) is 10.9. The summed E-state index contributed by atoms with van der Waals surface area (Å²) in [6.45, 7) is 1.71. The Kier molecular flexibility index (Phi) is 4.65. The molecule has 2 N–H and O–H groups in total. The summed E-state index contributed by atoms with van der Waals surface area (Å²) in [5.41, 5.74) is 0.617. The van der Waals surface area contributed by atoms with Crippen molar-refractivity contribution in [2.75, 3.05) is 5.32 Å². The van der Waals surface area contributed by atoms with E-state index < -0.39 is 0 Å². The molecule has 1 aromatic carbocycles. The Hall–Kier alpha value is -1.99. The third-order valence-electron chi connectivity index (χ3n) is 2.31. The Labute approximate surface area is 124 Å². The summed E-state index contributed by atoms with van der Waals surface area (Å²) in [4.78, 5) is 15.3. The van der Waals surface area contributed by atoms with Crippen molar-refractivity contribution < 1.29 is 9.90 Å². The number of aromatic nitrogens is 1. The number of halogens is 1. The number of amides is 1. The van der Waals surface area contributed by atoms with Crippen LogP contribution in [0.4, 0.5) is 16.5 Å².